The van der Waals surface area contributed by atoms with E-state index in [0.29, 0.717) is 0 Å². The van der Waals surface area contributed by atoms with Gasteiger partial charge in [-0.05, 0) is 13.0 Å². The summed E-state index contributed by atoms with van der Waals surface area (Å²) in [5, 5.41) is 0. The topological polar surface area (TPSA) is 17.8 Å². The average Bonchev–Trinajstić information content (AvgIpc) is 2.49. The smallest absolute Gasteiger partial charge is 0.136 e. The molecule has 0 radical (unpaired) electrons. The Morgan fingerprint density at radius 2 is 2.00 bits per heavy atom. The first-order valence-electron chi connectivity index (χ1n) is 4.08. The molecule has 0 aliphatic carbocycles. The number of imidazole rings is 1. The van der Waals surface area contributed by atoms with Gasteiger partial charge in [-0.25, -0.2) is 4.98 Å². The molecule has 1 aromatic rings. The van der Waals surface area contributed by atoms with Gasteiger partial charge in [-0.1, -0.05) is 27.0 Å². The van der Waals surface area contributed by atoms with E-state index >= 15 is 0 Å². The summed E-state index contributed by atoms with van der Waals surface area (Å²) in [7, 11) is 0. The molecule has 0 saturated carbocycles. The van der Waals surface area contributed by atoms with Gasteiger partial charge in [0, 0.05) is 18.1 Å². The number of aromatic nitrogens is 2. The molecule has 0 aromatic carbocycles. The highest BCUT2D eigenvalue weighted by molar-refractivity contribution is 5.43. The Hall–Kier alpha value is -1.31. The lowest BCUT2D eigenvalue weighted by molar-refractivity contribution is 1.06. The minimum absolute atomic E-state index is 0.840. The van der Waals surface area contributed by atoms with Crippen molar-refractivity contribution >= 4 is 12.3 Å². The molecule has 0 N–H and O–H groups in total. The molecular formula is C10H16N2. The predicted molar refractivity (Wildman–Crippen MR) is 54.8 cm³/mol. The molecule has 0 saturated heterocycles. The van der Waals surface area contributed by atoms with Gasteiger partial charge in [-0.2, -0.15) is 0 Å². The largest absolute Gasteiger partial charge is 0.305 e. The second kappa shape index (κ2) is 5.35. The van der Waals surface area contributed by atoms with E-state index in [9.17, 15) is 0 Å². The van der Waals surface area contributed by atoms with Crippen LogP contribution in [0.5, 0.6) is 0 Å². The first-order valence-corrected chi connectivity index (χ1v) is 4.08. The quantitative estimate of drug-likeness (QED) is 0.657. The molecule has 0 aliphatic rings. The van der Waals surface area contributed by atoms with Gasteiger partial charge in [0.2, 0.25) is 0 Å². The standard InChI is InChI=1S/C8H10N2.C2H6/c1-4-8-9-6-7(3)10(8)5-2;1-2/h4-6H,1-2H2,3H3;1-2H3. The van der Waals surface area contributed by atoms with Crippen molar-refractivity contribution in [1.29, 1.82) is 0 Å². The van der Waals surface area contributed by atoms with Crippen molar-refractivity contribution in [2.45, 2.75) is 20.8 Å². The summed E-state index contributed by atoms with van der Waals surface area (Å²) in [5.74, 6) is 0.840. The number of hydrogen-bond donors (Lipinski definition) is 0. The minimum atomic E-state index is 0.840. The summed E-state index contributed by atoms with van der Waals surface area (Å²) in [5.41, 5.74) is 1.07. The summed E-state index contributed by atoms with van der Waals surface area (Å²) < 4.78 is 1.88. The Morgan fingerprint density at radius 1 is 1.42 bits per heavy atom. The molecule has 1 aromatic heterocycles. The maximum Gasteiger partial charge on any atom is 0.136 e. The van der Waals surface area contributed by atoms with E-state index in [2.05, 4.69) is 18.1 Å². The van der Waals surface area contributed by atoms with E-state index in [1.54, 1.807) is 18.5 Å². The van der Waals surface area contributed by atoms with E-state index in [-0.39, 0.29) is 0 Å². The third kappa shape index (κ3) is 2.09. The highest BCUT2D eigenvalue weighted by Crippen LogP contribution is 2.04. The van der Waals surface area contributed by atoms with Crippen LogP contribution in [0.2, 0.25) is 0 Å². The van der Waals surface area contributed by atoms with E-state index in [1.165, 1.54) is 0 Å². The average molecular weight is 164 g/mol. The number of nitrogens with zero attached hydrogens (tertiary/aromatic N) is 2. The summed E-state index contributed by atoms with van der Waals surface area (Å²) in [6.07, 6.45) is 5.22. The summed E-state index contributed by atoms with van der Waals surface area (Å²) in [6.45, 7) is 13.2. The van der Waals surface area contributed by atoms with Crippen LogP contribution in [0.15, 0.2) is 19.4 Å². The summed E-state index contributed by atoms with van der Waals surface area (Å²) >= 11 is 0. The van der Waals surface area contributed by atoms with Crippen LogP contribution in [-0.4, -0.2) is 9.55 Å². The molecule has 0 unspecified atom stereocenters. The van der Waals surface area contributed by atoms with Crippen LogP contribution in [0.3, 0.4) is 0 Å². The molecule has 0 atom stereocenters. The number of rotatable bonds is 2. The van der Waals surface area contributed by atoms with Crippen LogP contribution in [0.4, 0.5) is 0 Å². The van der Waals surface area contributed by atoms with E-state index < -0.39 is 0 Å². The Bertz CT molecular complexity index is 259. The fourth-order valence-corrected chi connectivity index (χ4v) is 0.853. The Kier molecular flexibility index (Phi) is 4.77. The van der Waals surface area contributed by atoms with Gasteiger partial charge >= 0.3 is 0 Å². The molecule has 0 fully saturated rings. The van der Waals surface area contributed by atoms with E-state index in [1.807, 2.05) is 25.3 Å². The molecule has 0 amide bonds. The Morgan fingerprint density at radius 3 is 2.33 bits per heavy atom. The zero-order valence-corrected chi connectivity index (χ0v) is 8.04. The zero-order valence-electron chi connectivity index (χ0n) is 8.04. The van der Waals surface area contributed by atoms with Gasteiger partial charge in [0.1, 0.15) is 5.82 Å². The van der Waals surface area contributed by atoms with Gasteiger partial charge in [-0.15, -0.1) is 0 Å². The van der Waals surface area contributed by atoms with Gasteiger partial charge in [0.15, 0.2) is 0 Å². The summed E-state index contributed by atoms with van der Waals surface area (Å²) in [6, 6.07) is 0. The summed E-state index contributed by atoms with van der Waals surface area (Å²) in [4.78, 5) is 4.08. The van der Waals surface area contributed by atoms with Gasteiger partial charge in [-0.3, -0.25) is 0 Å². The lowest BCUT2D eigenvalue weighted by atomic mass is 10.5. The lowest BCUT2D eigenvalue weighted by Gasteiger charge is -1.96. The van der Waals surface area contributed by atoms with Crippen molar-refractivity contribution in [3.63, 3.8) is 0 Å². The van der Waals surface area contributed by atoms with Crippen LogP contribution >= 0.6 is 0 Å². The predicted octanol–water partition coefficient (Wildman–Crippen LogP) is 2.96. The first-order chi connectivity index (χ1) is 5.79. The SMILES string of the molecule is C=Cc1ncc(C)n1C=C.CC. The third-order valence-corrected chi connectivity index (χ3v) is 1.38. The zero-order chi connectivity index (χ0) is 9.56. The fraction of sp³-hybridized carbons (Fsp3) is 0.300. The lowest BCUT2D eigenvalue weighted by Crippen LogP contribution is -1.90. The van der Waals surface area contributed by atoms with Gasteiger partial charge in [0.25, 0.3) is 0 Å². The second-order valence-electron chi connectivity index (χ2n) is 2.01. The Labute approximate surface area is 74.3 Å². The highest BCUT2D eigenvalue weighted by atomic mass is 15.1. The molecule has 12 heavy (non-hydrogen) atoms. The van der Waals surface area contributed by atoms with Crippen molar-refractivity contribution in [3.8, 4) is 0 Å². The van der Waals surface area contributed by atoms with E-state index in [4.69, 9.17) is 0 Å². The maximum absolute atomic E-state index is 4.08. The molecule has 0 bridgehead atoms. The second-order valence-corrected chi connectivity index (χ2v) is 2.01. The highest BCUT2D eigenvalue weighted by Gasteiger charge is 1.97. The molecule has 0 aliphatic heterocycles. The van der Waals surface area contributed by atoms with Gasteiger partial charge in [0.05, 0.1) is 0 Å². The molecule has 1 heterocycles. The number of hydrogen-bond acceptors (Lipinski definition) is 1. The van der Waals surface area contributed by atoms with Crippen LogP contribution < -0.4 is 0 Å². The van der Waals surface area contributed by atoms with Crippen molar-refractivity contribution in [3.05, 3.63) is 30.9 Å². The van der Waals surface area contributed by atoms with Crippen molar-refractivity contribution in [2.24, 2.45) is 0 Å². The normalized spacial score (nSPS) is 8.25. The van der Waals surface area contributed by atoms with Crippen molar-refractivity contribution < 1.29 is 0 Å². The maximum atomic E-state index is 4.08. The first kappa shape index (κ1) is 10.7. The van der Waals surface area contributed by atoms with Crippen molar-refractivity contribution in [2.75, 3.05) is 0 Å². The molecular weight excluding hydrogens is 148 g/mol. The molecule has 0 spiro atoms. The van der Waals surface area contributed by atoms with Crippen LogP contribution in [0, 0.1) is 6.92 Å². The minimum Gasteiger partial charge on any atom is -0.305 e. The molecule has 66 valence electrons. The fourth-order valence-electron chi connectivity index (χ4n) is 0.853. The number of aryl methyl sites for hydroxylation is 1. The van der Waals surface area contributed by atoms with Crippen LogP contribution in [-0.2, 0) is 0 Å². The molecule has 2 heteroatoms. The Balaban J connectivity index is 0.000000561. The van der Waals surface area contributed by atoms with Crippen molar-refractivity contribution in [1.82, 2.24) is 9.55 Å². The molecule has 1 rings (SSSR count). The van der Waals surface area contributed by atoms with Crippen LogP contribution in [0.25, 0.3) is 12.3 Å². The third-order valence-electron chi connectivity index (χ3n) is 1.38. The monoisotopic (exact) mass is 164 g/mol. The molecule has 2 nitrogen and oxygen atoms in total. The van der Waals surface area contributed by atoms with Crippen LogP contribution in [0.1, 0.15) is 25.4 Å². The van der Waals surface area contributed by atoms with Gasteiger partial charge < -0.3 is 4.57 Å². The van der Waals surface area contributed by atoms with E-state index in [0.717, 1.165) is 11.5 Å².